The van der Waals surface area contributed by atoms with Gasteiger partial charge in [0, 0.05) is 37.6 Å². The minimum atomic E-state index is -0.480. The predicted molar refractivity (Wildman–Crippen MR) is 226 cm³/mol. The number of carbonyl (C=O) groups is 1. The van der Waals surface area contributed by atoms with E-state index < -0.39 is 20.1 Å². The minimum absolute atomic E-state index is 0.360. The van der Waals surface area contributed by atoms with Gasteiger partial charge < -0.3 is 23.7 Å². The van der Waals surface area contributed by atoms with Gasteiger partial charge in [0.05, 0.1) is 69.2 Å². The van der Waals surface area contributed by atoms with Crippen molar-refractivity contribution in [1.29, 1.82) is 0 Å². The van der Waals surface area contributed by atoms with Crippen LogP contribution in [0.5, 0.6) is 0 Å². The average Bonchev–Trinajstić information content (AvgIpc) is 3.90. The summed E-state index contributed by atoms with van der Waals surface area (Å²) in [6, 6.07) is 11.7. The van der Waals surface area contributed by atoms with Crippen LogP contribution in [0.3, 0.4) is 0 Å². The van der Waals surface area contributed by atoms with Gasteiger partial charge in [0.15, 0.2) is 6.29 Å². The second-order valence-electron chi connectivity index (χ2n) is 15.3. The van der Waals surface area contributed by atoms with Crippen molar-refractivity contribution in [3.05, 3.63) is 104 Å². The molecule has 55 heavy (non-hydrogen) atoms. The highest BCUT2D eigenvalue weighted by Gasteiger charge is 2.63. The quantitative estimate of drug-likeness (QED) is 0.136. The van der Waals surface area contributed by atoms with Crippen LogP contribution in [0.25, 0.3) is 16.6 Å². The topological polar surface area (TPSA) is 126 Å². The summed E-state index contributed by atoms with van der Waals surface area (Å²) >= 11 is 10.1. The van der Waals surface area contributed by atoms with Gasteiger partial charge in [0.1, 0.15) is 0 Å². The van der Waals surface area contributed by atoms with Crippen LogP contribution in [-0.2, 0) is 25.0 Å². The lowest BCUT2D eigenvalue weighted by Gasteiger charge is -2.32. The molecule has 2 saturated heterocycles. The van der Waals surface area contributed by atoms with Gasteiger partial charge in [0.2, 0.25) is 0 Å². The number of nitrogens with zero attached hydrogens (tertiary/aromatic N) is 6. The Morgan fingerprint density at radius 1 is 0.673 bits per heavy atom. The first kappa shape index (κ1) is 43.2. The lowest BCUT2D eigenvalue weighted by atomic mass is 9.49. The Morgan fingerprint density at radius 3 is 1.49 bits per heavy atom. The van der Waals surface area contributed by atoms with Crippen molar-refractivity contribution in [2.45, 2.75) is 104 Å². The van der Waals surface area contributed by atoms with E-state index in [1.54, 1.807) is 34.5 Å². The number of hydrogen-bond acceptors (Lipinski definition) is 9. The number of rotatable bonds is 4. The molecule has 0 bridgehead atoms. The molecule has 8 rings (SSSR count). The monoisotopic (exact) mass is 942 g/mol. The van der Waals surface area contributed by atoms with Crippen molar-refractivity contribution < 1.29 is 28.5 Å². The number of hydrogen-bond donors (Lipinski definition) is 1. The number of aldehydes is 1. The Bertz CT molecular complexity index is 2210. The average molecular weight is 945 g/mol. The molecular formula is C38H47B2Br3N6O6. The molecule has 0 amide bonds. The third kappa shape index (κ3) is 9.63. The van der Waals surface area contributed by atoms with Crippen LogP contribution in [0.4, 0.5) is 0 Å². The minimum Gasteiger partial charge on any atom is -0.405 e. The van der Waals surface area contributed by atoms with Crippen LogP contribution in [0, 0.1) is 0 Å². The fourth-order valence-corrected chi connectivity index (χ4v) is 6.64. The van der Waals surface area contributed by atoms with Crippen LogP contribution in [0.1, 0.15) is 96.8 Å². The van der Waals surface area contributed by atoms with Crippen LogP contribution in [0.15, 0.2) is 87.0 Å². The molecule has 0 aliphatic carbocycles. The fraction of sp³-hybridized carbons (Fsp3) is 0.421. The van der Waals surface area contributed by atoms with Crippen LogP contribution in [-0.4, -0.2) is 76.7 Å². The molecule has 17 heteroatoms. The van der Waals surface area contributed by atoms with Gasteiger partial charge in [-0.25, -0.2) is 13.5 Å². The molecule has 1 atom stereocenters. The summed E-state index contributed by atoms with van der Waals surface area (Å²) in [6.45, 7) is 20.1. The van der Waals surface area contributed by atoms with Gasteiger partial charge in [-0.05, 0) is 111 Å². The molecule has 0 radical (unpaired) electrons. The second-order valence-corrected chi connectivity index (χ2v) is 18.0. The number of fused-ring (bicyclic) bond motifs is 3. The molecule has 0 saturated carbocycles. The van der Waals surface area contributed by atoms with Crippen LogP contribution in [0.2, 0.25) is 0 Å². The number of aromatic nitrogens is 6. The largest absolute Gasteiger partial charge is 0.488 e. The molecule has 0 aromatic carbocycles. The van der Waals surface area contributed by atoms with Crippen LogP contribution >= 0.6 is 47.8 Å². The second kappa shape index (κ2) is 16.9. The first-order valence-corrected chi connectivity index (χ1v) is 20.3. The molecule has 2 fully saturated rings. The van der Waals surface area contributed by atoms with E-state index in [4.69, 9.17) is 18.6 Å². The molecule has 2 aliphatic rings. The summed E-state index contributed by atoms with van der Waals surface area (Å²) in [6.07, 6.45) is 12.1. The van der Waals surface area contributed by atoms with Crippen molar-refractivity contribution >= 4 is 84.6 Å². The summed E-state index contributed by atoms with van der Waals surface area (Å²) in [4.78, 5) is 10.5. The Labute approximate surface area is 347 Å². The van der Waals surface area contributed by atoms with Crippen molar-refractivity contribution in [1.82, 2.24) is 28.8 Å². The number of aryl methyl sites for hydroxylation is 1. The molecule has 2 aliphatic heterocycles. The SMILES string of the molecule is CC(O)c1cnn2ccc(Br)cc12.CC1(C)OB(B2OC(C)(C)C(C)(C)O2)OC1(C)C.CCc1cnn2ccc(Br)cc12.O=Cc1cnn2ccc(Br)cc12. The maximum Gasteiger partial charge on any atom is 0.488 e. The third-order valence-corrected chi connectivity index (χ3v) is 11.8. The zero-order valence-corrected chi connectivity index (χ0v) is 37.5. The van der Waals surface area contributed by atoms with E-state index in [-0.39, 0.29) is 22.4 Å². The summed E-state index contributed by atoms with van der Waals surface area (Å²) in [5.74, 6) is 0. The zero-order chi connectivity index (χ0) is 40.5. The van der Waals surface area contributed by atoms with Crippen LogP contribution < -0.4 is 0 Å². The maximum atomic E-state index is 10.5. The predicted octanol–water partition coefficient (Wildman–Crippen LogP) is 8.97. The Hall–Kier alpha value is -2.89. The molecule has 0 spiro atoms. The molecule has 6 aromatic heterocycles. The fourth-order valence-electron chi connectivity index (χ4n) is 5.64. The van der Waals surface area contributed by atoms with Gasteiger partial charge in [0.25, 0.3) is 0 Å². The highest BCUT2D eigenvalue weighted by Crippen LogP contribution is 2.43. The molecule has 8 heterocycles. The van der Waals surface area contributed by atoms with E-state index in [2.05, 4.69) is 76.1 Å². The highest BCUT2D eigenvalue weighted by atomic mass is 79.9. The number of pyridine rings is 3. The van der Waals surface area contributed by atoms with E-state index in [1.165, 1.54) is 11.1 Å². The van der Waals surface area contributed by atoms with Gasteiger partial charge in [-0.15, -0.1) is 0 Å². The molecule has 292 valence electrons. The van der Waals surface area contributed by atoms with Gasteiger partial charge in [-0.3, -0.25) is 4.79 Å². The van der Waals surface area contributed by atoms with Gasteiger partial charge in [-0.1, -0.05) is 54.7 Å². The van der Waals surface area contributed by atoms with E-state index in [1.807, 2.05) is 109 Å². The third-order valence-electron chi connectivity index (χ3n) is 10.3. The molecule has 1 N–H and O–H groups in total. The lowest BCUT2D eigenvalue weighted by molar-refractivity contribution is 0.00578. The summed E-state index contributed by atoms with van der Waals surface area (Å²) in [5.41, 5.74) is 4.25. The van der Waals surface area contributed by atoms with E-state index >= 15 is 0 Å². The molecule has 12 nitrogen and oxygen atoms in total. The number of halogens is 3. The van der Waals surface area contributed by atoms with Gasteiger partial charge >= 0.3 is 14.0 Å². The summed E-state index contributed by atoms with van der Waals surface area (Å²) in [7, 11) is -0.952. The van der Waals surface area contributed by atoms with E-state index in [9.17, 15) is 9.90 Å². The lowest BCUT2D eigenvalue weighted by Crippen LogP contribution is -2.41. The summed E-state index contributed by atoms with van der Waals surface area (Å²) in [5, 5.41) is 21.8. The molecule has 1 unspecified atom stereocenters. The number of carbonyl (C=O) groups excluding carboxylic acids is 1. The maximum absolute atomic E-state index is 10.5. The van der Waals surface area contributed by atoms with Crippen molar-refractivity contribution in [3.63, 3.8) is 0 Å². The Balaban J connectivity index is 0.000000143. The van der Waals surface area contributed by atoms with Crippen molar-refractivity contribution in [3.8, 4) is 0 Å². The Morgan fingerprint density at radius 2 is 1.05 bits per heavy atom. The van der Waals surface area contributed by atoms with Gasteiger partial charge in [-0.2, -0.15) is 15.3 Å². The standard InChI is InChI=1S/C12H24B2O4.C9H9BrN2O.C9H9BrN2.C8H5BrN2O/c1-9(2)10(3,4)16-13(15-9)14-17-11(5,6)12(7,8)18-14;1-6(13)8-5-11-12-3-2-7(10)4-9(8)12;1-2-7-6-11-12-4-3-8(10)5-9(7)12;9-7-1-2-11-8(3-7)6(5-12)4-10-11/h1-8H3;2-6,13H,1H3;3-6H,2H2,1H3;1-5H. The van der Waals surface area contributed by atoms with Crippen molar-refractivity contribution in [2.24, 2.45) is 0 Å². The van der Waals surface area contributed by atoms with E-state index in [0.29, 0.717) is 5.56 Å². The molecular weight excluding hydrogens is 898 g/mol. The molecule has 6 aromatic rings. The smallest absolute Gasteiger partial charge is 0.405 e. The number of aliphatic hydroxyl groups excluding tert-OH is 1. The first-order chi connectivity index (χ1) is 25.7. The summed E-state index contributed by atoms with van der Waals surface area (Å²) < 4.78 is 32.2. The van der Waals surface area contributed by atoms with Crippen molar-refractivity contribution in [2.75, 3.05) is 0 Å². The number of aliphatic hydroxyl groups is 1. The normalized spacial score (nSPS) is 18.3. The van der Waals surface area contributed by atoms with E-state index in [0.717, 1.165) is 42.7 Å². The Kier molecular flexibility index (Phi) is 13.3. The highest BCUT2D eigenvalue weighted by molar-refractivity contribution is 9.11. The zero-order valence-electron chi connectivity index (χ0n) is 32.8. The first-order valence-electron chi connectivity index (χ1n) is 17.9.